The molecule has 1 aliphatic heterocycles. The van der Waals surface area contributed by atoms with E-state index in [0.29, 0.717) is 23.5 Å². The number of rotatable bonds is 5. The number of nitrogens with zero attached hydrogens (tertiary/aromatic N) is 3. The maximum atomic E-state index is 13.3. The van der Waals surface area contributed by atoms with Gasteiger partial charge in [-0.25, -0.2) is 4.39 Å². The van der Waals surface area contributed by atoms with E-state index >= 15 is 0 Å². The fourth-order valence-electron chi connectivity index (χ4n) is 4.41. The van der Waals surface area contributed by atoms with Crippen molar-refractivity contribution in [3.63, 3.8) is 0 Å². The lowest BCUT2D eigenvalue weighted by molar-refractivity contribution is 0.0660. The van der Waals surface area contributed by atoms with E-state index in [4.69, 9.17) is 0 Å². The number of aromatic amines is 1. The molecule has 1 aromatic heterocycles. The van der Waals surface area contributed by atoms with Crippen LogP contribution in [0, 0.1) is 5.82 Å². The van der Waals surface area contributed by atoms with E-state index in [-0.39, 0.29) is 17.4 Å². The third-order valence-corrected chi connectivity index (χ3v) is 6.17. The second-order valence-electron chi connectivity index (χ2n) is 8.74. The van der Waals surface area contributed by atoms with Crippen molar-refractivity contribution in [2.45, 2.75) is 31.5 Å². The lowest BCUT2D eigenvalue weighted by Crippen LogP contribution is -2.35. The van der Waals surface area contributed by atoms with Gasteiger partial charge in [0.25, 0.3) is 11.8 Å². The number of hydrogen-bond acceptors (Lipinski definition) is 4. The summed E-state index contributed by atoms with van der Waals surface area (Å²) >= 11 is 0. The van der Waals surface area contributed by atoms with E-state index in [0.717, 1.165) is 36.2 Å². The van der Waals surface area contributed by atoms with Gasteiger partial charge in [-0.1, -0.05) is 12.1 Å². The normalized spacial score (nSPS) is 15.8. The third-order valence-electron chi connectivity index (χ3n) is 6.17. The van der Waals surface area contributed by atoms with Crippen molar-refractivity contribution in [1.82, 2.24) is 20.0 Å². The van der Waals surface area contributed by atoms with E-state index in [1.165, 1.54) is 24.3 Å². The summed E-state index contributed by atoms with van der Waals surface area (Å²) in [4.78, 5) is 29.9. The Morgan fingerprint density at radius 2 is 1.75 bits per heavy atom. The van der Waals surface area contributed by atoms with Crippen LogP contribution in [0.1, 0.15) is 50.4 Å². The zero-order valence-corrected chi connectivity index (χ0v) is 18.0. The average Bonchev–Trinajstić information content (AvgIpc) is 3.37. The first-order valence-electron chi connectivity index (χ1n) is 10.6. The molecule has 0 radical (unpaired) electrons. The van der Waals surface area contributed by atoms with Gasteiger partial charge >= 0.3 is 0 Å². The summed E-state index contributed by atoms with van der Waals surface area (Å²) in [6, 6.07) is 13.1. The second kappa shape index (κ2) is 7.56. The third kappa shape index (κ3) is 3.46. The minimum absolute atomic E-state index is 0.0284. The smallest absolute Gasteiger partial charge is 0.256 e. The van der Waals surface area contributed by atoms with Crippen molar-refractivity contribution < 1.29 is 14.0 Å². The van der Waals surface area contributed by atoms with Gasteiger partial charge in [0.05, 0.1) is 17.8 Å². The van der Waals surface area contributed by atoms with Gasteiger partial charge in [-0.05, 0) is 68.9 Å². The summed E-state index contributed by atoms with van der Waals surface area (Å²) in [5, 5.41) is 10.1. The van der Waals surface area contributed by atoms with Gasteiger partial charge in [0, 0.05) is 23.2 Å². The fourth-order valence-corrected chi connectivity index (χ4v) is 4.41. The van der Waals surface area contributed by atoms with Crippen LogP contribution in [-0.2, 0) is 18.6 Å². The summed E-state index contributed by atoms with van der Waals surface area (Å²) in [5.74, 6) is -0.385. The van der Waals surface area contributed by atoms with Crippen molar-refractivity contribution in [2.75, 3.05) is 19.4 Å². The van der Waals surface area contributed by atoms with Crippen molar-refractivity contribution in [1.29, 1.82) is 0 Å². The Balaban J connectivity index is 1.35. The predicted molar refractivity (Wildman–Crippen MR) is 118 cm³/mol. The number of anilines is 1. The van der Waals surface area contributed by atoms with Crippen LogP contribution in [-0.4, -0.2) is 45.9 Å². The minimum atomic E-state index is -0.401. The summed E-state index contributed by atoms with van der Waals surface area (Å²) in [5.41, 5.74) is 3.48. The average molecular weight is 433 g/mol. The Hall–Kier alpha value is -3.52. The number of aromatic nitrogens is 2. The Bertz CT molecular complexity index is 1180. The molecule has 2 amide bonds. The molecule has 8 heteroatoms. The van der Waals surface area contributed by atoms with E-state index in [2.05, 4.69) is 20.4 Å². The second-order valence-corrected chi connectivity index (χ2v) is 8.74. The summed E-state index contributed by atoms with van der Waals surface area (Å²) < 4.78 is 13.1. The maximum absolute atomic E-state index is 13.3. The van der Waals surface area contributed by atoms with E-state index in [1.54, 1.807) is 0 Å². The lowest BCUT2D eigenvalue weighted by atomic mass is 10.1. The molecule has 0 atom stereocenters. The van der Waals surface area contributed by atoms with Gasteiger partial charge < -0.3 is 15.1 Å². The number of benzene rings is 2. The number of hydrogen-bond donors (Lipinski definition) is 2. The van der Waals surface area contributed by atoms with Crippen LogP contribution in [0.2, 0.25) is 0 Å². The Labute approximate surface area is 185 Å². The number of H-pyrrole nitrogens is 1. The molecule has 0 bridgehead atoms. The maximum Gasteiger partial charge on any atom is 0.256 e. The van der Waals surface area contributed by atoms with Crippen LogP contribution in [0.4, 0.5) is 10.2 Å². The molecule has 1 spiro atoms. The first-order valence-corrected chi connectivity index (χ1v) is 10.6. The van der Waals surface area contributed by atoms with Gasteiger partial charge in [-0.3, -0.25) is 14.7 Å². The Morgan fingerprint density at radius 1 is 1.09 bits per heavy atom. The molecule has 7 nitrogen and oxygen atoms in total. The molecule has 0 unspecified atom stereocenters. The molecule has 1 aliphatic carbocycles. The molecule has 2 aliphatic rings. The highest BCUT2D eigenvalue weighted by Crippen LogP contribution is 2.57. The molecule has 0 saturated heterocycles. The molecular weight excluding hydrogens is 409 g/mol. The SMILES string of the molecule is CN(C)Cc1ccc(C(=O)N2Cc3c(NC(=O)c4ccc(F)cc4)n[nH]c3C23CC3)cc1. The molecule has 3 aromatic rings. The molecule has 5 rings (SSSR count). The molecular formula is C24H24FN5O2. The van der Waals surface area contributed by atoms with Crippen molar-refractivity contribution >= 4 is 17.6 Å². The Morgan fingerprint density at radius 3 is 2.38 bits per heavy atom. The number of amides is 2. The minimum Gasteiger partial charge on any atom is -0.323 e. The van der Waals surface area contributed by atoms with E-state index < -0.39 is 5.82 Å². The number of carbonyl (C=O) groups is 2. The summed E-state index contributed by atoms with van der Waals surface area (Å²) in [6.07, 6.45) is 1.72. The number of carbonyl (C=O) groups excluding carboxylic acids is 2. The van der Waals surface area contributed by atoms with E-state index in [1.807, 2.05) is 43.3 Å². The van der Waals surface area contributed by atoms with Crippen LogP contribution in [0.25, 0.3) is 0 Å². The van der Waals surface area contributed by atoms with Crippen LogP contribution >= 0.6 is 0 Å². The van der Waals surface area contributed by atoms with Gasteiger partial charge in [0.1, 0.15) is 5.82 Å². The van der Waals surface area contributed by atoms with Gasteiger partial charge in [0.2, 0.25) is 0 Å². The molecule has 2 N–H and O–H groups in total. The van der Waals surface area contributed by atoms with Gasteiger partial charge in [0.15, 0.2) is 5.82 Å². The molecule has 164 valence electrons. The lowest BCUT2D eigenvalue weighted by Gasteiger charge is -2.25. The molecule has 1 fully saturated rings. The van der Waals surface area contributed by atoms with Crippen LogP contribution in [0.15, 0.2) is 48.5 Å². The van der Waals surface area contributed by atoms with Crippen LogP contribution < -0.4 is 5.32 Å². The molecule has 2 aromatic carbocycles. The number of fused-ring (bicyclic) bond motifs is 2. The predicted octanol–water partition coefficient (Wildman–Crippen LogP) is 3.51. The first kappa shape index (κ1) is 20.4. The Kier molecular flexibility index (Phi) is 4.82. The van der Waals surface area contributed by atoms with Crippen molar-refractivity contribution in [3.8, 4) is 0 Å². The highest BCUT2D eigenvalue weighted by Gasteiger charge is 2.58. The molecule has 1 saturated carbocycles. The quantitative estimate of drug-likeness (QED) is 0.645. The van der Waals surface area contributed by atoms with Crippen molar-refractivity contribution in [2.24, 2.45) is 0 Å². The van der Waals surface area contributed by atoms with Crippen molar-refractivity contribution in [3.05, 3.63) is 82.3 Å². The highest BCUT2D eigenvalue weighted by molar-refractivity contribution is 6.04. The van der Waals surface area contributed by atoms with Gasteiger partial charge in [-0.2, -0.15) is 5.10 Å². The summed E-state index contributed by atoms with van der Waals surface area (Å²) in [6.45, 7) is 1.19. The van der Waals surface area contributed by atoms with Crippen LogP contribution in [0.5, 0.6) is 0 Å². The first-order chi connectivity index (χ1) is 15.4. The zero-order valence-electron chi connectivity index (χ0n) is 18.0. The van der Waals surface area contributed by atoms with Crippen LogP contribution in [0.3, 0.4) is 0 Å². The monoisotopic (exact) mass is 433 g/mol. The highest BCUT2D eigenvalue weighted by atomic mass is 19.1. The number of halogens is 1. The standard InChI is InChI=1S/C24H24FN5O2/c1-29(2)13-15-3-5-17(6-4-15)23(32)30-14-19-20(24(30)11-12-24)27-28-21(19)26-22(31)16-7-9-18(25)10-8-16/h3-10H,11-14H2,1-2H3,(H2,26,27,28,31). The molecule has 2 heterocycles. The largest absolute Gasteiger partial charge is 0.323 e. The fraction of sp³-hybridized carbons (Fsp3) is 0.292. The topological polar surface area (TPSA) is 81.3 Å². The summed E-state index contributed by atoms with van der Waals surface area (Å²) in [7, 11) is 4.02. The van der Waals surface area contributed by atoms with Gasteiger partial charge in [-0.15, -0.1) is 0 Å². The zero-order chi connectivity index (χ0) is 22.5. The van der Waals surface area contributed by atoms with E-state index in [9.17, 15) is 14.0 Å². The molecule has 32 heavy (non-hydrogen) atoms. The number of nitrogens with one attached hydrogen (secondary N) is 2.